The summed E-state index contributed by atoms with van der Waals surface area (Å²) < 4.78 is 0. The molecule has 0 heterocycles. The molecule has 0 bridgehead atoms. The maximum Gasteiger partial charge on any atom is 0.237 e. The van der Waals surface area contributed by atoms with Crippen LogP contribution in [0.3, 0.4) is 0 Å². The van der Waals surface area contributed by atoms with E-state index < -0.39 is 0 Å². The summed E-state index contributed by atoms with van der Waals surface area (Å²) in [6.45, 7) is 1.84. The van der Waals surface area contributed by atoms with Gasteiger partial charge in [0.2, 0.25) is 11.8 Å². The first-order chi connectivity index (χ1) is 14.4. The molecule has 154 valence electrons. The lowest BCUT2D eigenvalue weighted by Crippen LogP contribution is -2.22. The predicted octanol–water partition coefficient (Wildman–Crippen LogP) is 6.29. The Morgan fingerprint density at radius 2 is 1.57 bits per heavy atom. The molecule has 0 saturated carbocycles. The Kier molecular flexibility index (Phi) is 7.80. The van der Waals surface area contributed by atoms with Crippen LogP contribution in [0, 0.1) is 0 Å². The zero-order chi connectivity index (χ0) is 21.5. The van der Waals surface area contributed by atoms with E-state index in [0.29, 0.717) is 21.4 Å². The third-order valence-electron chi connectivity index (χ3n) is 4.19. The molecule has 30 heavy (non-hydrogen) atoms. The van der Waals surface area contributed by atoms with Crippen molar-refractivity contribution in [1.29, 1.82) is 0 Å². The summed E-state index contributed by atoms with van der Waals surface area (Å²) in [5.41, 5.74) is 2.26. The SMILES string of the molecule is CC(Sc1ccc(NC(=O)Cc2ccc(Cl)cc2)cc1)C(=O)Nc1cccc(Cl)c1. The molecule has 0 aromatic heterocycles. The fourth-order valence-electron chi connectivity index (χ4n) is 2.68. The fourth-order valence-corrected chi connectivity index (χ4v) is 3.86. The molecule has 2 amide bonds. The minimum Gasteiger partial charge on any atom is -0.326 e. The third-order valence-corrected chi connectivity index (χ3v) is 5.79. The molecule has 0 aliphatic heterocycles. The number of anilines is 2. The largest absolute Gasteiger partial charge is 0.326 e. The van der Waals surface area contributed by atoms with Crippen molar-refractivity contribution in [3.05, 3.63) is 88.4 Å². The van der Waals surface area contributed by atoms with Crippen molar-refractivity contribution in [2.45, 2.75) is 23.5 Å². The van der Waals surface area contributed by atoms with Crippen LogP contribution in [0.1, 0.15) is 12.5 Å². The van der Waals surface area contributed by atoms with Crippen molar-refractivity contribution >= 4 is 58.2 Å². The van der Waals surface area contributed by atoms with Crippen molar-refractivity contribution < 1.29 is 9.59 Å². The van der Waals surface area contributed by atoms with Crippen LogP contribution < -0.4 is 10.6 Å². The highest BCUT2D eigenvalue weighted by Gasteiger charge is 2.15. The first kappa shape index (κ1) is 22.2. The quantitative estimate of drug-likeness (QED) is 0.408. The molecule has 2 N–H and O–H groups in total. The molecule has 0 radical (unpaired) electrons. The van der Waals surface area contributed by atoms with Crippen LogP contribution in [0.15, 0.2) is 77.7 Å². The monoisotopic (exact) mass is 458 g/mol. The van der Waals surface area contributed by atoms with Crippen molar-refractivity contribution in [3.8, 4) is 0 Å². The highest BCUT2D eigenvalue weighted by Crippen LogP contribution is 2.26. The number of hydrogen-bond donors (Lipinski definition) is 2. The number of thioether (sulfide) groups is 1. The van der Waals surface area contributed by atoms with Crippen LogP contribution in [0.25, 0.3) is 0 Å². The Balaban J connectivity index is 1.51. The van der Waals surface area contributed by atoms with Gasteiger partial charge in [0.1, 0.15) is 0 Å². The Morgan fingerprint density at radius 1 is 0.867 bits per heavy atom. The number of amides is 2. The molecular weight excluding hydrogens is 439 g/mol. The average Bonchev–Trinajstić information content (AvgIpc) is 2.71. The molecule has 3 aromatic carbocycles. The normalized spacial score (nSPS) is 11.6. The highest BCUT2D eigenvalue weighted by atomic mass is 35.5. The summed E-state index contributed by atoms with van der Waals surface area (Å²) in [4.78, 5) is 25.5. The summed E-state index contributed by atoms with van der Waals surface area (Å²) >= 11 is 13.2. The standard InChI is InChI=1S/C23H20Cl2N2O2S/c1-15(23(29)27-20-4-2-3-18(25)14-20)30-21-11-9-19(10-12-21)26-22(28)13-16-5-7-17(24)8-6-16/h2-12,14-15H,13H2,1H3,(H,26,28)(H,27,29). The van der Waals surface area contributed by atoms with Gasteiger partial charge in [0.05, 0.1) is 11.7 Å². The van der Waals surface area contributed by atoms with Crippen LogP contribution in [-0.2, 0) is 16.0 Å². The van der Waals surface area contributed by atoms with E-state index in [4.69, 9.17) is 23.2 Å². The van der Waals surface area contributed by atoms with E-state index in [9.17, 15) is 9.59 Å². The van der Waals surface area contributed by atoms with Gasteiger partial charge in [0.25, 0.3) is 0 Å². The lowest BCUT2D eigenvalue weighted by atomic mass is 10.1. The van der Waals surface area contributed by atoms with E-state index >= 15 is 0 Å². The van der Waals surface area contributed by atoms with Gasteiger partial charge in [0.15, 0.2) is 0 Å². The number of hydrogen-bond acceptors (Lipinski definition) is 3. The summed E-state index contributed by atoms with van der Waals surface area (Å²) in [6, 6.07) is 21.6. The van der Waals surface area contributed by atoms with Crippen LogP contribution in [0.2, 0.25) is 10.0 Å². The molecule has 0 saturated heterocycles. The van der Waals surface area contributed by atoms with Gasteiger partial charge >= 0.3 is 0 Å². The Hall–Kier alpha value is -2.47. The molecule has 1 atom stereocenters. The van der Waals surface area contributed by atoms with E-state index in [2.05, 4.69) is 10.6 Å². The second kappa shape index (κ2) is 10.5. The van der Waals surface area contributed by atoms with Crippen LogP contribution in [0.5, 0.6) is 0 Å². The van der Waals surface area contributed by atoms with Crippen molar-refractivity contribution in [3.63, 3.8) is 0 Å². The molecule has 3 rings (SSSR count). The van der Waals surface area contributed by atoms with Crippen LogP contribution in [0.4, 0.5) is 11.4 Å². The number of benzene rings is 3. The van der Waals surface area contributed by atoms with Gasteiger partial charge in [-0.05, 0) is 67.1 Å². The number of rotatable bonds is 7. The highest BCUT2D eigenvalue weighted by molar-refractivity contribution is 8.00. The molecule has 0 aliphatic carbocycles. The topological polar surface area (TPSA) is 58.2 Å². The number of nitrogens with one attached hydrogen (secondary N) is 2. The smallest absolute Gasteiger partial charge is 0.237 e. The maximum atomic E-state index is 12.4. The minimum atomic E-state index is -0.297. The fraction of sp³-hybridized carbons (Fsp3) is 0.130. The summed E-state index contributed by atoms with van der Waals surface area (Å²) in [5, 5.41) is 6.65. The summed E-state index contributed by atoms with van der Waals surface area (Å²) in [6.07, 6.45) is 0.272. The lowest BCUT2D eigenvalue weighted by molar-refractivity contribution is -0.116. The second-order valence-corrected chi connectivity index (χ2v) is 8.92. The molecule has 0 fully saturated rings. The van der Waals surface area contributed by atoms with Gasteiger partial charge < -0.3 is 10.6 Å². The van der Waals surface area contributed by atoms with Crippen LogP contribution >= 0.6 is 35.0 Å². The summed E-state index contributed by atoms with van der Waals surface area (Å²) in [7, 11) is 0. The van der Waals surface area contributed by atoms with E-state index in [1.807, 2.05) is 43.3 Å². The molecule has 0 spiro atoms. The zero-order valence-electron chi connectivity index (χ0n) is 16.2. The zero-order valence-corrected chi connectivity index (χ0v) is 18.5. The average molecular weight is 459 g/mol. The first-order valence-electron chi connectivity index (χ1n) is 9.26. The summed E-state index contributed by atoms with van der Waals surface area (Å²) in [5.74, 6) is -0.213. The minimum absolute atomic E-state index is 0.105. The van der Waals surface area contributed by atoms with Crippen LogP contribution in [-0.4, -0.2) is 17.1 Å². The van der Waals surface area contributed by atoms with Gasteiger partial charge in [-0.1, -0.05) is 41.4 Å². The van der Waals surface area contributed by atoms with Crippen molar-refractivity contribution in [2.75, 3.05) is 10.6 Å². The Morgan fingerprint density at radius 3 is 2.23 bits per heavy atom. The predicted molar refractivity (Wildman–Crippen MR) is 126 cm³/mol. The molecule has 7 heteroatoms. The van der Waals surface area contributed by atoms with E-state index in [1.165, 1.54) is 11.8 Å². The molecular formula is C23H20Cl2N2O2S. The number of carbonyl (C=O) groups is 2. The molecule has 3 aromatic rings. The number of carbonyl (C=O) groups excluding carboxylic acids is 2. The van der Waals surface area contributed by atoms with Crippen molar-refractivity contribution in [1.82, 2.24) is 0 Å². The first-order valence-corrected chi connectivity index (χ1v) is 10.9. The van der Waals surface area contributed by atoms with E-state index in [0.717, 1.165) is 10.5 Å². The van der Waals surface area contributed by atoms with Gasteiger partial charge in [-0.3, -0.25) is 9.59 Å². The third kappa shape index (κ3) is 6.80. The molecule has 4 nitrogen and oxygen atoms in total. The van der Waals surface area contributed by atoms with E-state index in [1.54, 1.807) is 36.4 Å². The maximum absolute atomic E-state index is 12.4. The Bertz CT molecular complexity index is 1020. The van der Waals surface area contributed by atoms with Gasteiger partial charge in [-0.25, -0.2) is 0 Å². The van der Waals surface area contributed by atoms with Crippen molar-refractivity contribution in [2.24, 2.45) is 0 Å². The number of halogens is 2. The molecule has 1 unspecified atom stereocenters. The molecule has 0 aliphatic rings. The van der Waals surface area contributed by atoms with Gasteiger partial charge in [0, 0.05) is 26.3 Å². The van der Waals surface area contributed by atoms with E-state index in [-0.39, 0.29) is 23.5 Å². The van der Waals surface area contributed by atoms with Gasteiger partial charge in [-0.15, -0.1) is 11.8 Å². The Labute approximate surface area is 190 Å². The van der Waals surface area contributed by atoms with Gasteiger partial charge in [-0.2, -0.15) is 0 Å². The second-order valence-electron chi connectivity index (χ2n) is 6.64. The lowest BCUT2D eigenvalue weighted by Gasteiger charge is -2.13.